The highest BCUT2D eigenvalue weighted by Gasteiger charge is 2.31. The molecular formula is C12H10F3NO2. The summed E-state index contributed by atoms with van der Waals surface area (Å²) in [7, 11) is 0. The molecule has 0 radical (unpaired) electrons. The molecule has 1 heterocycles. The number of hydrogen-bond donors (Lipinski definition) is 1. The van der Waals surface area contributed by atoms with E-state index in [0.717, 1.165) is 0 Å². The second-order valence-corrected chi connectivity index (χ2v) is 3.59. The average Bonchev–Trinajstić information content (AvgIpc) is 2.29. The summed E-state index contributed by atoms with van der Waals surface area (Å²) in [4.78, 5) is 1.51. The number of anilines is 1. The number of hydrogen-bond acceptors (Lipinski definition) is 3. The number of alkyl halides is 3. The van der Waals surface area contributed by atoms with E-state index >= 15 is 0 Å². The molecule has 0 aromatic heterocycles. The molecule has 0 bridgehead atoms. The number of aliphatic hydroxyl groups excluding tert-OH is 1. The van der Waals surface area contributed by atoms with E-state index in [1.807, 2.05) is 0 Å². The molecule has 0 fully saturated rings. The van der Waals surface area contributed by atoms with Gasteiger partial charge in [-0.1, -0.05) is 6.08 Å². The van der Waals surface area contributed by atoms with Gasteiger partial charge in [-0.05, 0) is 36.4 Å². The van der Waals surface area contributed by atoms with Crippen molar-refractivity contribution in [3.8, 4) is 5.75 Å². The second-order valence-electron chi connectivity index (χ2n) is 3.59. The number of rotatable bonds is 2. The summed E-state index contributed by atoms with van der Waals surface area (Å²) in [6, 6.07) is 5.27. The molecule has 1 aliphatic heterocycles. The summed E-state index contributed by atoms with van der Waals surface area (Å²) in [6.07, 6.45) is 1.05. The van der Waals surface area contributed by atoms with E-state index in [0.29, 0.717) is 5.69 Å². The zero-order valence-corrected chi connectivity index (χ0v) is 9.13. The Morgan fingerprint density at radius 3 is 2.33 bits per heavy atom. The van der Waals surface area contributed by atoms with Crippen LogP contribution in [0.25, 0.3) is 0 Å². The van der Waals surface area contributed by atoms with E-state index in [2.05, 4.69) is 4.74 Å². The summed E-state index contributed by atoms with van der Waals surface area (Å²) in [6.45, 7) is 0. The van der Waals surface area contributed by atoms with Crippen molar-refractivity contribution < 1.29 is 23.0 Å². The number of ether oxygens (including phenoxy) is 1. The van der Waals surface area contributed by atoms with Gasteiger partial charge in [0.25, 0.3) is 0 Å². The molecule has 2 rings (SSSR count). The highest BCUT2D eigenvalue weighted by molar-refractivity contribution is 5.54. The molecule has 0 saturated heterocycles. The lowest BCUT2D eigenvalue weighted by atomic mass is 10.2. The van der Waals surface area contributed by atoms with Crippen LogP contribution in [0, 0.1) is 0 Å². The fraction of sp³-hybridized carbons (Fsp3) is 0.167. The van der Waals surface area contributed by atoms with E-state index in [1.54, 1.807) is 24.4 Å². The monoisotopic (exact) mass is 257 g/mol. The molecule has 1 atom stereocenters. The maximum atomic E-state index is 12.0. The standard InChI is InChI=1S/C12H10F3NO2/c13-12(14,15)18-10-6-4-9(5-7-10)16-8-2-1-3-11(16)17/h1-8,11,17H. The molecule has 3 nitrogen and oxygen atoms in total. The minimum Gasteiger partial charge on any atom is -0.406 e. The van der Waals surface area contributed by atoms with E-state index in [1.165, 1.54) is 29.2 Å². The van der Waals surface area contributed by atoms with Gasteiger partial charge in [-0.25, -0.2) is 0 Å². The minimum absolute atomic E-state index is 0.294. The first kappa shape index (κ1) is 12.5. The van der Waals surface area contributed by atoms with Crippen molar-refractivity contribution >= 4 is 5.69 Å². The van der Waals surface area contributed by atoms with Crippen LogP contribution in [0.1, 0.15) is 0 Å². The number of halogens is 3. The first-order chi connectivity index (χ1) is 8.46. The summed E-state index contributed by atoms with van der Waals surface area (Å²) >= 11 is 0. The smallest absolute Gasteiger partial charge is 0.406 e. The Bertz CT molecular complexity index is 465. The molecule has 0 spiro atoms. The molecule has 6 heteroatoms. The van der Waals surface area contributed by atoms with Gasteiger partial charge < -0.3 is 14.7 Å². The van der Waals surface area contributed by atoms with Gasteiger partial charge in [0, 0.05) is 11.9 Å². The maximum Gasteiger partial charge on any atom is 0.573 e. The van der Waals surface area contributed by atoms with Crippen LogP contribution in [0.5, 0.6) is 5.75 Å². The van der Waals surface area contributed by atoms with Crippen molar-refractivity contribution in [2.24, 2.45) is 0 Å². The maximum absolute atomic E-state index is 12.0. The molecule has 0 amide bonds. The molecule has 1 aromatic rings. The van der Waals surface area contributed by atoms with E-state index in [9.17, 15) is 18.3 Å². The summed E-state index contributed by atoms with van der Waals surface area (Å²) in [5.74, 6) is -0.294. The number of nitrogens with zero attached hydrogens (tertiary/aromatic N) is 1. The molecule has 1 N–H and O–H groups in total. The minimum atomic E-state index is -4.70. The van der Waals surface area contributed by atoms with Gasteiger partial charge in [0.2, 0.25) is 0 Å². The zero-order chi connectivity index (χ0) is 13.2. The second kappa shape index (κ2) is 4.73. The Kier molecular flexibility index (Phi) is 3.29. The third-order valence-corrected chi connectivity index (χ3v) is 2.29. The van der Waals surface area contributed by atoms with Crippen LogP contribution in [0.15, 0.2) is 48.7 Å². The quantitative estimate of drug-likeness (QED) is 0.884. The largest absolute Gasteiger partial charge is 0.573 e. The molecule has 1 aliphatic rings. The molecule has 0 aliphatic carbocycles. The fourth-order valence-electron chi connectivity index (χ4n) is 1.55. The first-order valence-corrected chi connectivity index (χ1v) is 5.13. The van der Waals surface area contributed by atoms with Crippen LogP contribution in [0.3, 0.4) is 0 Å². The SMILES string of the molecule is OC1C=CC=CN1c1ccc(OC(F)(F)F)cc1. The van der Waals surface area contributed by atoms with Gasteiger partial charge in [-0.2, -0.15) is 0 Å². The summed E-state index contributed by atoms with van der Waals surface area (Å²) in [5.41, 5.74) is 0.567. The highest BCUT2D eigenvalue weighted by Crippen LogP contribution is 2.26. The van der Waals surface area contributed by atoms with Crippen molar-refractivity contribution in [3.05, 3.63) is 48.7 Å². The van der Waals surface area contributed by atoms with E-state index < -0.39 is 12.6 Å². The Morgan fingerprint density at radius 2 is 1.78 bits per heavy atom. The lowest BCUT2D eigenvalue weighted by Crippen LogP contribution is -2.29. The van der Waals surface area contributed by atoms with Gasteiger partial charge in [0.15, 0.2) is 0 Å². The van der Waals surface area contributed by atoms with Crippen LogP contribution in [-0.2, 0) is 0 Å². The van der Waals surface area contributed by atoms with Crippen molar-refractivity contribution in [3.63, 3.8) is 0 Å². The highest BCUT2D eigenvalue weighted by atomic mass is 19.4. The van der Waals surface area contributed by atoms with Gasteiger partial charge in [-0.3, -0.25) is 0 Å². The van der Waals surface area contributed by atoms with Gasteiger partial charge in [0.1, 0.15) is 12.0 Å². The molecular weight excluding hydrogens is 247 g/mol. The Labute approximate surface area is 101 Å². The van der Waals surface area contributed by atoms with E-state index in [4.69, 9.17) is 0 Å². The molecule has 18 heavy (non-hydrogen) atoms. The van der Waals surface area contributed by atoms with Gasteiger partial charge >= 0.3 is 6.36 Å². The molecule has 96 valence electrons. The van der Waals surface area contributed by atoms with Crippen LogP contribution < -0.4 is 9.64 Å². The number of allylic oxidation sites excluding steroid dienone is 2. The lowest BCUT2D eigenvalue weighted by Gasteiger charge is -2.26. The average molecular weight is 257 g/mol. The fourth-order valence-corrected chi connectivity index (χ4v) is 1.55. The Morgan fingerprint density at radius 1 is 1.11 bits per heavy atom. The van der Waals surface area contributed by atoms with Crippen LogP contribution in [-0.4, -0.2) is 17.7 Å². The van der Waals surface area contributed by atoms with Crippen LogP contribution in [0.2, 0.25) is 0 Å². The summed E-state index contributed by atoms with van der Waals surface area (Å²) in [5, 5.41) is 9.65. The zero-order valence-electron chi connectivity index (χ0n) is 9.13. The predicted molar refractivity (Wildman–Crippen MR) is 59.9 cm³/mol. The van der Waals surface area contributed by atoms with Crippen molar-refractivity contribution in [1.82, 2.24) is 0 Å². The first-order valence-electron chi connectivity index (χ1n) is 5.13. The Hall–Kier alpha value is -1.95. The van der Waals surface area contributed by atoms with Crippen molar-refractivity contribution in [1.29, 1.82) is 0 Å². The summed E-state index contributed by atoms with van der Waals surface area (Å²) < 4.78 is 39.7. The molecule has 1 aromatic carbocycles. The van der Waals surface area contributed by atoms with Gasteiger partial charge in [-0.15, -0.1) is 13.2 Å². The molecule has 0 saturated carbocycles. The van der Waals surface area contributed by atoms with Crippen molar-refractivity contribution in [2.75, 3.05) is 4.90 Å². The topological polar surface area (TPSA) is 32.7 Å². The van der Waals surface area contributed by atoms with Crippen LogP contribution >= 0.6 is 0 Å². The van der Waals surface area contributed by atoms with Crippen LogP contribution in [0.4, 0.5) is 18.9 Å². The third-order valence-electron chi connectivity index (χ3n) is 2.29. The lowest BCUT2D eigenvalue weighted by molar-refractivity contribution is -0.274. The third kappa shape index (κ3) is 3.04. The number of aliphatic hydroxyl groups is 1. The van der Waals surface area contributed by atoms with Crippen molar-refractivity contribution in [2.45, 2.75) is 12.6 Å². The predicted octanol–water partition coefficient (Wildman–Crippen LogP) is 2.79. The Balaban J connectivity index is 2.13. The normalized spacial score (nSPS) is 19.1. The number of benzene rings is 1. The van der Waals surface area contributed by atoms with E-state index in [-0.39, 0.29) is 5.75 Å². The molecule has 1 unspecified atom stereocenters. The van der Waals surface area contributed by atoms with Gasteiger partial charge in [0.05, 0.1) is 0 Å².